The molecule has 0 aliphatic heterocycles. The number of carbonyl (C=O) groups excluding carboxylic acids is 1. The molecule has 0 heterocycles. The Morgan fingerprint density at radius 1 is 1.00 bits per heavy atom. The Morgan fingerprint density at radius 2 is 1.70 bits per heavy atom. The average molecular weight is 456 g/mol. The van der Waals surface area contributed by atoms with E-state index < -0.39 is 17.6 Å². The molecule has 0 unspecified atom stereocenters. The maximum Gasteiger partial charge on any atom is 0.416 e. The van der Waals surface area contributed by atoms with E-state index in [0.29, 0.717) is 10.6 Å². The second kappa shape index (κ2) is 8.85. The summed E-state index contributed by atoms with van der Waals surface area (Å²) in [6.45, 7) is -0.170. The number of anilines is 1. The van der Waals surface area contributed by atoms with Crippen molar-refractivity contribution in [1.82, 2.24) is 0 Å². The standard InChI is InChI=1S/C21H14Cl2F3NO3/c22-14-4-6-18(28)16(9-14)20(29)27-17-10-15(23)5-7-19(17)30-11-12-2-1-3-13(8-12)21(24,25)26/h1-10,28H,11H2,(H,27,29). The van der Waals surface area contributed by atoms with E-state index in [1.165, 1.54) is 48.5 Å². The molecule has 0 aliphatic rings. The van der Waals surface area contributed by atoms with Gasteiger partial charge < -0.3 is 15.2 Å². The van der Waals surface area contributed by atoms with E-state index in [-0.39, 0.29) is 34.4 Å². The third-order valence-electron chi connectivity index (χ3n) is 4.04. The number of hydrogen-bond acceptors (Lipinski definition) is 3. The van der Waals surface area contributed by atoms with Crippen molar-refractivity contribution in [3.05, 3.63) is 87.4 Å². The molecular weight excluding hydrogens is 442 g/mol. The highest BCUT2D eigenvalue weighted by Crippen LogP contribution is 2.32. The van der Waals surface area contributed by atoms with Crippen molar-refractivity contribution in [3.8, 4) is 11.5 Å². The molecule has 1 amide bonds. The van der Waals surface area contributed by atoms with Crippen LogP contribution in [0.3, 0.4) is 0 Å². The minimum atomic E-state index is -4.46. The third kappa shape index (κ3) is 5.37. The minimum absolute atomic E-state index is 0.0636. The lowest BCUT2D eigenvalue weighted by Gasteiger charge is -2.14. The Balaban J connectivity index is 1.81. The fraction of sp³-hybridized carbons (Fsp3) is 0.0952. The number of amides is 1. The van der Waals surface area contributed by atoms with Gasteiger partial charge in [0.2, 0.25) is 0 Å². The van der Waals surface area contributed by atoms with Gasteiger partial charge in [0.1, 0.15) is 18.1 Å². The molecule has 0 saturated heterocycles. The van der Waals surface area contributed by atoms with Crippen molar-refractivity contribution in [1.29, 1.82) is 0 Å². The van der Waals surface area contributed by atoms with Gasteiger partial charge >= 0.3 is 6.18 Å². The van der Waals surface area contributed by atoms with Crippen LogP contribution in [-0.2, 0) is 12.8 Å². The smallest absolute Gasteiger partial charge is 0.416 e. The number of nitrogens with one attached hydrogen (secondary N) is 1. The summed E-state index contributed by atoms with van der Waals surface area (Å²) in [4.78, 5) is 12.5. The molecule has 3 aromatic carbocycles. The van der Waals surface area contributed by atoms with Crippen LogP contribution in [0.2, 0.25) is 10.0 Å². The summed E-state index contributed by atoms with van der Waals surface area (Å²) in [5.41, 5.74) is -0.376. The number of benzene rings is 3. The van der Waals surface area contributed by atoms with Gasteiger partial charge in [-0.1, -0.05) is 35.3 Å². The second-order valence-corrected chi connectivity index (χ2v) is 7.12. The van der Waals surface area contributed by atoms with Gasteiger partial charge in [-0.25, -0.2) is 0 Å². The number of halogens is 5. The summed E-state index contributed by atoms with van der Waals surface area (Å²) in [5.74, 6) is -0.752. The first-order chi connectivity index (χ1) is 14.1. The highest BCUT2D eigenvalue weighted by atomic mass is 35.5. The van der Waals surface area contributed by atoms with Crippen LogP contribution in [-0.4, -0.2) is 11.0 Å². The SMILES string of the molecule is O=C(Nc1cc(Cl)ccc1OCc1cccc(C(F)(F)F)c1)c1cc(Cl)ccc1O. The number of rotatable bonds is 5. The summed E-state index contributed by atoms with van der Waals surface area (Å²) >= 11 is 11.9. The molecule has 4 nitrogen and oxygen atoms in total. The number of hydrogen-bond donors (Lipinski definition) is 2. The number of aromatic hydroxyl groups is 1. The topological polar surface area (TPSA) is 58.6 Å². The Labute approximate surface area is 179 Å². The van der Waals surface area contributed by atoms with Crippen LogP contribution in [0.15, 0.2) is 60.7 Å². The van der Waals surface area contributed by atoms with Gasteiger partial charge in [0.15, 0.2) is 0 Å². The van der Waals surface area contributed by atoms with Crippen molar-refractivity contribution in [2.75, 3.05) is 5.32 Å². The van der Waals surface area contributed by atoms with Gasteiger partial charge in [-0.3, -0.25) is 4.79 Å². The molecule has 0 bridgehead atoms. The lowest BCUT2D eigenvalue weighted by atomic mass is 10.1. The van der Waals surface area contributed by atoms with Crippen LogP contribution < -0.4 is 10.1 Å². The molecule has 0 aliphatic carbocycles. The highest BCUT2D eigenvalue weighted by Gasteiger charge is 2.30. The molecule has 9 heteroatoms. The van der Waals surface area contributed by atoms with E-state index in [2.05, 4.69) is 5.32 Å². The number of phenolic OH excluding ortho intramolecular Hbond substituents is 1. The second-order valence-electron chi connectivity index (χ2n) is 6.24. The lowest BCUT2D eigenvalue weighted by Crippen LogP contribution is -2.13. The Hall–Kier alpha value is -2.90. The molecule has 0 aromatic heterocycles. The Morgan fingerprint density at radius 3 is 2.43 bits per heavy atom. The highest BCUT2D eigenvalue weighted by molar-refractivity contribution is 6.31. The zero-order valence-corrected chi connectivity index (χ0v) is 16.6. The number of phenols is 1. The molecule has 0 atom stereocenters. The van der Waals surface area contributed by atoms with Crippen LogP contribution in [0.5, 0.6) is 11.5 Å². The number of ether oxygens (including phenoxy) is 1. The van der Waals surface area contributed by atoms with Gasteiger partial charge in [-0.05, 0) is 54.1 Å². The van der Waals surface area contributed by atoms with Crippen molar-refractivity contribution in [3.63, 3.8) is 0 Å². The van der Waals surface area contributed by atoms with Crippen molar-refractivity contribution in [2.24, 2.45) is 0 Å². The van der Waals surface area contributed by atoms with Crippen molar-refractivity contribution < 1.29 is 27.8 Å². The van der Waals surface area contributed by atoms with Gasteiger partial charge in [-0.15, -0.1) is 0 Å². The molecule has 0 radical (unpaired) electrons. The van der Waals surface area contributed by atoms with Crippen molar-refractivity contribution >= 4 is 34.8 Å². The fourth-order valence-corrected chi connectivity index (χ4v) is 2.95. The summed E-state index contributed by atoms with van der Waals surface area (Å²) in [6, 6.07) is 13.1. The van der Waals surface area contributed by atoms with E-state index in [0.717, 1.165) is 12.1 Å². The first-order valence-corrected chi connectivity index (χ1v) is 9.27. The van der Waals surface area contributed by atoms with E-state index >= 15 is 0 Å². The largest absolute Gasteiger partial charge is 0.507 e. The summed E-state index contributed by atoms with van der Waals surface area (Å²) < 4.78 is 44.2. The monoisotopic (exact) mass is 455 g/mol. The fourth-order valence-electron chi connectivity index (χ4n) is 2.60. The van der Waals surface area contributed by atoms with E-state index in [1.54, 1.807) is 0 Å². The molecule has 156 valence electrons. The van der Waals surface area contributed by atoms with Crippen LogP contribution in [0.25, 0.3) is 0 Å². The number of alkyl halides is 3. The molecule has 0 spiro atoms. The maximum atomic E-state index is 12.9. The Bertz CT molecular complexity index is 1090. The lowest BCUT2D eigenvalue weighted by molar-refractivity contribution is -0.137. The summed E-state index contributed by atoms with van der Waals surface area (Å²) in [7, 11) is 0. The number of carbonyl (C=O) groups is 1. The molecule has 0 fully saturated rings. The summed E-state index contributed by atoms with van der Waals surface area (Å²) in [6.07, 6.45) is -4.46. The quantitative estimate of drug-likeness (QED) is 0.458. The van der Waals surface area contributed by atoms with Gasteiger partial charge in [0, 0.05) is 10.0 Å². The summed E-state index contributed by atoms with van der Waals surface area (Å²) in [5, 5.41) is 13.0. The van der Waals surface area contributed by atoms with Crippen LogP contribution in [0.4, 0.5) is 18.9 Å². The first-order valence-electron chi connectivity index (χ1n) is 8.52. The van der Waals surface area contributed by atoms with Gasteiger partial charge in [0.05, 0.1) is 16.8 Å². The molecule has 0 saturated carbocycles. The zero-order valence-electron chi connectivity index (χ0n) is 15.1. The predicted molar refractivity (Wildman–Crippen MR) is 108 cm³/mol. The zero-order chi connectivity index (χ0) is 21.9. The third-order valence-corrected chi connectivity index (χ3v) is 4.51. The average Bonchev–Trinajstić information content (AvgIpc) is 2.68. The van der Waals surface area contributed by atoms with Crippen LogP contribution >= 0.6 is 23.2 Å². The predicted octanol–water partition coefficient (Wildman–Crippen LogP) is 6.55. The maximum absolute atomic E-state index is 12.9. The molecule has 3 aromatic rings. The van der Waals surface area contributed by atoms with Crippen LogP contribution in [0, 0.1) is 0 Å². The molecule has 2 N–H and O–H groups in total. The van der Waals surface area contributed by atoms with Crippen LogP contribution in [0.1, 0.15) is 21.5 Å². The van der Waals surface area contributed by atoms with E-state index in [1.807, 2.05) is 0 Å². The Kier molecular flexibility index (Phi) is 6.43. The first kappa shape index (κ1) is 21.8. The molecule has 3 rings (SSSR count). The molecular formula is C21H14Cl2F3NO3. The van der Waals surface area contributed by atoms with Gasteiger partial charge in [-0.2, -0.15) is 13.2 Å². The molecule has 30 heavy (non-hydrogen) atoms. The van der Waals surface area contributed by atoms with Gasteiger partial charge in [0.25, 0.3) is 5.91 Å². The van der Waals surface area contributed by atoms with E-state index in [4.69, 9.17) is 27.9 Å². The van der Waals surface area contributed by atoms with Crippen molar-refractivity contribution in [2.45, 2.75) is 12.8 Å². The normalized spacial score (nSPS) is 11.2. The van der Waals surface area contributed by atoms with E-state index in [9.17, 15) is 23.1 Å². The minimum Gasteiger partial charge on any atom is -0.507 e.